The van der Waals surface area contributed by atoms with Crippen LogP contribution >= 0.6 is 0 Å². The van der Waals surface area contributed by atoms with Crippen molar-refractivity contribution in [2.75, 3.05) is 0 Å². The predicted octanol–water partition coefficient (Wildman–Crippen LogP) is 4.95. The zero-order valence-electron chi connectivity index (χ0n) is 15.0. The van der Waals surface area contributed by atoms with Gasteiger partial charge in [0.05, 0.1) is 6.10 Å². The van der Waals surface area contributed by atoms with Gasteiger partial charge in [0.2, 0.25) is 5.78 Å². The average Bonchev–Trinajstić information content (AvgIpc) is 3.17. The molecule has 0 amide bonds. The summed E-state index contributed by atoms with van der Waals surface area (Å²) in [5.74, 6) is 0.0373. The second-order valence-electron chi connectivity index (χ2n) is 6.60. The van der Waals surface area contributed by atoms with E-state index < -0.39 is 6.10 Å². The van der Waals surface area contributed by atoms with Gasteiger partial charge < -0.3 is 14.3 Å². The van der Waals surface area contributed by atoms with Gasteiger partial charge in [0.25, 0.3) is 0 Å². The molecule has 0 radical (unpaired) electrons. The largest absolute Gasteiger partial charge is 0.453 e. The number of fused-ring (bicyclic) bond motifs is 1. The monoisotopic (exact) mass is 370 g/mol. The number of hydrogen-bond donors (Lipinski definition) is 1. The van der Waals surface area contributed by atoms with E-state index in [0.29, 0.717) is 28.4 Å². The molecule has 0 aliphatic carbocycles. The van der Waals surface area contributed by atoms with Gasteiger partial charge >= 0.3 is 0 Å². The number of aliphatic hydroxyl groups is 1. The van der Waals surface area contributed by atoms with E-state index in [9.17, 15) is 14.7 Å². The lowest BCUT2D eigenvalue weighted by molar-refractivity contribution is -0.109. The predicted molar refractivity (Wildman–Crippen MR) is 107 cm³/mol. The normalized spacial score (nSPS) is 12.0. The number of aliphatic hydroxyl groups excluding tert-OH is 1. The zero-order valence-corrected chi connectivity index (χ0v) is 15.0. The lowest BCUT2D eigenvalue weighted by Crippen LogP contribution is -1.99. The van der Waals surface area contributed by atoms with Crippen LogP contribution in [-0.2, 0) is 4.79 Å². The van der Waals surface area contributed by atoms with Crippen molar-refractivity contribution in [2.45, 2.75) is 12.5 Å². The van der Waals surface area contributed by atoms with Crippen LogP contribution < -0.4 is 0 Å². The molecule has 4 nitrogen and oxygen atoms in total. The van der Waals surface area contributed by atoms with Crippen molar-refractivity contribution < 1.29 is 19.1 Å². The summed E-state index contributed by atoms with van der Waals surface area (Å²) < 4.78 is 5.69. The van der Waals surface area contributed by atoms with Crippen molar-refractivity contribution >= 4 is 23.0 Å². The van der Waals surface area contributed by atoms with Crippen molar-refractivity contribution in [3.05, 3.63) is 95.7 Å². The molecule has 28 heavy (non-hydrogen) atoms. The highest BCUT2D eigenvalue weighted by Crippen LogP contribution is 2.27. The van der Waals surface area contributed by atoms with E-state index in [0.717, 1.165) is 11.1 Å². The molecule has 1 heterocycles. The Morgan fingerprint density at radius 2 is 1.64 bits per heavy atom. The van der Waals surface area contributed by atoms with Crippen molar-refractivity contribution in [1.29, 1.82) is 0 Å². The molecule has 0 saturated heterocycles. The second-order valence-corrected chi connectivity index (χ2v) is 6.60. The quantitative estimate of drug-likeness (QED) is 0.385. The van der Waals surface area contributed by atoms with Gasteiger partial charge in [0.1, 0.15) is 11.9 Å². The first-order chi connectivity index (χ1) is 13.7. The minimum absolute atomic E-state index is 0.0307. The highest BCUT2D eigenvalue weighted by Gasteiger charge is 2.16. The van der Waals surface area contributed by atoms with E-state index >= 15 is 0 Å². The standard InChI is InChI=1S/C24H18O4/c25-13-12-21(26)19-10-11-22-20(14-19)15-23(28-22)24(27)18-8-6-17(7-9-18)16-4-2-1-3-5-16/h1-11,13-15,21,26H,12H2. The summed E-state index contributed by atoms with van der Waals surface area (Å²) in [6.45, 7) is 0. The molecular formula is C24H18O4. The Morgan fingerprint density at radius 3 is 2.36 bits per heavy atom. The first-order valence-electron chi connectivity index (χ1n) is 9.01. The number of furan rings is 1. The van der Waals surface area contributed by atoms with E-state index in [-0.39, 0.29) is 18.0 Å². The average molecular weight is 370 g/mol. The Hall–Kier alpha value is -3.50. The van der Waals surface area contributed by atoms with E-state index in [1.54, 1.807) is 36.4 Å². The smallest absolute Gasteiger partial charge is 0.228 e. The van der Waals surface area contributed by atoms with Gasteiger partial charge in [-0.1, -0.05) is 60.7 Å². The molecule has 0 aliphatic heterocycles. The number of benzene rings is 3. The third kappa shape index (κ3) is 3.50. The van der Waals surface area contributed by atoms with Gasteiger partial charge in [-0.05, 0) is 34.9 Å². The molecule has 1 unspecified atom stereocenters. The van der Waals surface area contributed by atoms with E-state index in [1.165, 1.54) is 0 Å². The maximum atomic E-state index is 12.8. The molecule has 4 aromatic rings. The first kappa shape index (κ1) is 17.9. The fourth-order valence-corrected chi connectivity index (χ4v) is 3.20. The Morgan fingerprint density at radius 1 is 0.929 bits per heavy atom. The molecule has 1 atom stereocenters. The van der Waals surface area contributed by atoms with E-state index in [2.05, 4.69) is 0 Å². The summed E-state index contributed by atoms with van der Waals surface area (Å²) in [6.07, 6.45) is -0.150. The van der Waals surface area contributed by atoms with Crippen LogP contribution in [0.5, 0.6) is 0 Å². The van der Waals surface area contributed by atoms with Gasteiger partial charge in [0.15, 0.2) is 5.76 Å². The number of aldehydes is 1. The molecule has 4 heteroatoms. The maximum Gasteiger partial charge on any atom is 0.228 e. The van der Waals surface area contributed by atoms with E-state index in [1.807, 2.05) is 42.5 Å². The minimum Gasteiger partial charge on any atom is -0.453 e. The second kappa shape index (κ2) is 7.62. The zero-order chi connectivity index (χ0) is 19.5. The van der Waals surface area contributed by atoms with Crippen molar-refractivity contribution in [3.63, 3.8) is 0 Å². The Labute approximate surface area is 162 Å². The Bertz CT molecular complexity index is 1120. The van der Waals surface area contributed by atoms with Crippen LogP contribution in [0.15, 0.2) is 83.3 Å². The number of rotatable bonds is 6. The summed E-state index contributed by atoms with van der Waals surface area (Å²) in [7, 11) is 0. The minimum atomic E-state index is -0.860. The molecule has 1 aromatic heterocycles. The van der Waals surface area contributed by atoms with Crippen molar-refractivity contribution in [1.82, 2.24) is 0 Å². The van der Waals surface area contributed by atoms with Gasteiger partial charge in [-0.25, -0.2) is 0 Å². The number of carbonyl (C=O) groups excluding carboxylic acids is 2. The number of ketones is 1. The van der Waals surface area contributed by atoms with Crippen LogP contribution in [-0.4, -0.2) is 17.2 Å². The Kier molecular flexibility index (Phi) is 4.87. The van der Waals surface area contributed by atoms with Crippen LogP contribution in [0, 0.1) is 0 Å². The van der Waals surface area contributed by atoms with Crippen molar-refractivity contribution in [2.24, 2.45) is 0 Å². The van der Waals surface area contributed by atoms with Crippen LogP contribution in [0.25, 0.3) is 22.1 Å². The first-order valence-corrected chi connectivity index (χ1v) is 9.01. The number of carbonyl (C=O) groups is 2. The van der Waals surface area contributed by atoms with Crippen LogP contribution in [0.3, 0.4) is 0 Å². The van der Waals surface area contributed by atoms with E-state index in [4.69, 9.17) is 4.42 Å². The van der Waals surface area contributed by atoms with Crippen LogP contribution in [0.2, 0.25) is 0 Å². The summed E-state index contributed by atoms with van der Waals surface area (Å²) in [5, 5.41) is 10.7. The molecule has 4 rings (SSSR count). The fourth-order valence-electron chi connectivity index (χ4n) is 3.20. The maximum absolute atomic E-state index is 12.8. The summed E-state index contributed by atoms with van der Waals surface area (Å²) in [5.41, 5.74) is 3.85. The van der Waals surface area contributed by atoms with Gasteiger partial charge in [-0.3, -0.25) is 4.79 Å². The third-order valence-electron chi connectivity index (χ3n) is 4.72. The lowest BCUT2D eigenvalue weighted by atomic mass is 10.0. The highest BCUT2D eigenvalue weighted by atomic mass is 16.3. The molecule has 0 spiro atoms. The van der Waals surface area contributed by atoms with Crippen LogP contribution in [0.4, 0.5) is 0 Å². The summed E-state index contributed by atoms with van der Waals surface area (Å²) in [4.78, 5) is 23.4. The molecular weight excluding hydrogens is 352 g/mol. The molecule has 0 saturated carbocycles. The Balaban J connectivity index is 1.60. The third-order valence-corrected chi connectivity index (χ3v) is 4.72. The summed E-state index contributed by atoms with van der Waals surface area (Å²) in [6, 6.07) is 24.2. The summed E-state index contributed by atoms with van der Waals surface area (Å²) >= 11 is 0. The topological polar surface area (TPSA) is 67.5 Å². The SMILES string of the molecule is O=CCC(O)c1ccc2oc(C(=O)c3ccc(-c4ccccc4)cc3)cc2c1. The van der Waals surface area contributed by atoms with Crippen molar-refractivity contribution in [3.8, 4) is 11.1 Å². The fraction of sp³-hybridized carbons (Fsp3) is 0.0833. The van der Waals surface area contributed by atoms with Gasteiger partial charge in [-0.15, -0.1) is 0 Å². The van der Waals surface area contributed by atoms with Crippen LogP contribution in [0.1, 0.15) is 34.2 Å². The number of hydrogen-bond acceptors (Lipinski definition) is 4. The molecule has 1 N–H and O–H groups in total. The highest BCUT2D eigenvalue weighted by molar-refractivity contribution is 6.09. The van der Waals surface area contributed by atoms with Gasteiger partial charge in [-0.2, -0.15) is 0 Å². The lowest BCUT2D eigenvalue weighted by Gasteiger charge is -2.06. The molecule has 138 valence electrons. The molecule has 0 fully saturated rings. The molecule has 0 aliphatic rings. The molecule has 3 aromatic carbocycles. The molecule has 0 bridgehead atoms. The van der Waals surface area contributed by atoms with Gasteiger partial charge in [0, 0.05) is 17.4 Å².